The van der Waals surface area contributed by atoms with E-state index in [0.717, 1.165) is 0 Å². The second-order valence-corrected chi connectivity index (χ2v) is 3.04. The van der Waals surface area contributed by atoms with Crippen LogP contribution in [0.1, 0.15) is 0 Å². The number of nitrogens with zero attached hydrogens (tertiary/aromatic N) is 3. The Balaban J connectivity index is 2.42. The number of hydrogen-bond acceptors (Lipinski definition) is 6. The Morgan fingerprint density at radius 2 is 2.33 bits per heavy atom. The summed E-state index contributed by atoms with van der Waals surface area (Å²) in [5.41, 5.74) is 5.61. The van der Waals surface area contributed by atoms with Gasteiger partial charge >= 0.3 is 6.01 Å². The molecule has 8 heteroatoms. The van der Waals surface area contributed by atoms with Gasteiger partial charge in [0.05, 0.1) is 0 Å². The van der Waals surface area contributed by atoms with Crippen LogP contribution in [-0.4, -0.2) is 26.3 Å². The van der Waals surface area contributed by atoms with E-state index < -0.39 is 0 Å². The van der Waals surface area contributed by atoms with Gasteiger partial charge in [0.25, 0.3) is 5.56 Å². The molecule has 2 aromatic rings. The molecule has 0 amide bonds. The highest BCUT2D eigenvalue weighted by Gasteiger charge is 2.19. The van der Waals surface area contributed by atoms with E-state index in [1.807, 2.05) is 0 Å². The summed E-state index contributed by atoms with van der Waals surface area (Å²) < 4.78 is 11.7. The maximum absolute atomic E-state index is 11.5. The van der Waals surface area contributed by atoms with Crippen molar-refractivity contribution in [2.75, 3.05) is 12.5 Å². The van der Waals surface area contributed by atoms with Gasteiger partial charge < -0.3 is 15.2 Å². The highest BCUT2D eigenvalue weighted by molar-refractivity contribution is 5.72. The molecular formula is C7H7N5O3. The summed E-state index contributed by atoms with van der Waals surface area (Å²) in [6.07, 6.45) is 0. The molecule has 0 spiro atoms. The van der Waals surface area contributed by atoms with Gasteiger partial charge in [-0.2, -0.15) is 9.97 Å². The van der Waals surface area contributed by atoms with Gasteiger partial charge in [0.1, 0.15) is 6.73 Å². The van der Waals surface area contributed by atoms with E-state index in [-0.39, 0.29) is 30.5 Å². The zero-order valence-corrected chi connectivity index (χ0v) is 7.56. The fourth-order valence-electron chi connectivity index (χ4n) is 1.46. The summed E-state index contributed by atoms with van der Waals surface area (Å²) in [6.45, 7) is 0.373. The number of nitrogens with one attached hydrogen (secondary N) is 1. The Labute approximate surface area is 82.6 Å². The molecule has 0 saturated heterocycles. The highest BCUT2D eigenvalue weighted by atomic mass is 16.7. The van der Waals surface area contributed by atoms with Gasteiger partial charge in [0.15, 0.2) is 18.0 Å². The van der Waals surface area contributed by atoms with Crippen LogP contribution in [0.4, 0.5) is 5.95 Å². The van der Waals surface area contributed by atoms with Crippen LogP contribution in [0.15, 0.2) is 4.79 Å². The second-order valence-electron chi connectivity index (χ2n) is 3.04. The zero-order chi connectivity index (χ0) is 10.4. The lowest BCUT2D eigenvalue weighted by Gasteiger charge is -2.14. The van der Waals surface area contributed by atoms with Crippen LogP contribution < -0.4 is 16.0 Å². The van der Waals surface area contributed by atoms with Gasteiger partial charge in [-0.3, -0.25) is 14.3 Å². The third-order valence-electron chi connectivity index (χ3n) is 2.08. The Morgan fingerprint density at radius 1 is 1.47 bits per heavy atom. The number of hydrogen-bond donors (Lipinski definition) is 2. The lowest BCUT2D eigenvalue weighted by molar-refractivity contribution is -0.0594. The number of aromatic nitrogens is 4. The molecule has 0 aromatic carbocycles. The third-order valence-corrected chi connectivity index (χ3v) is 2.08. The summed E-state index contributed by atoms with van der Waals surface area (Å²) in [4.78, 5) is 21.8. The zero-order valence-electron chi connectivity index (χ0n) is 7.56. The first-order valence-electron chi connectivity index (χ1n) is 4.22. The average Bonchev–Trinajstić information content (AvgIpc) is 2.57. The second kappa shape index (κ2) is 2.70. The van der Waals surface area contributed by atoms with Crippen molar-refractivity contribution in [3.05, 3.63) is 10.4 Å². The van der Waals surface area contributed by atoms with Crippen LogP contribution in [0.25, 0.3) is 11.2 Å². The number of H-pyrrole nitrogens is 1. The molecule has 15 heavy (non-hydrogen) atoms. The Hall–Kier alpha value is -2.09. The lowest BCUT2D eigenvalue weighted by Crippen LogP contribution is -2.17. The van der Waals surface area contributed by atoms with Gasteiger partial charge in [0, 0.05) is 0 Å². The average molecular weight is 209 g/mol. The Morgan fingerprint density at radius 3 is 3.20 bits per heavy atom. The molecule has 0 atom stereocenters. The van der Waals surface area contributed by atoms with Crippen molar-refractivity contribution >= 4 is 17.1 Å². The number of nitrogen functional groups attached to an aromatic ring is 1. The molecule has 0 saturated carbocycles. The lowest BCUT2D eigenvalue weighted by atomic mass is 10.5. The summed E-state index contributed by atoms with van der Waals surface area (Å²) >= 11 is 0. The minimum Gasteiger partial charge on any atom is -0.437 e. The third kappa shape index (κ3) is 1.08. The molecule has 0 aliphatic carbocycles. The summed E-state index contributed by atoms with van der Waals surface area (Å²) in [7, 11) is 0. The normalized spacial score (nSPS) is 14.9. The SMILES string of the molecule is Nc1nc2c(nc3n2COCO3)c(=O)[nH]1. The summed E-state index contributed by atoms with van der Waals surface area (Å²) in [6, 6.07) is 0.319. The minimum absolute atomic E-state index is 0.0424. The molecule has 3 N–H and O–H groups in total. The molecule has 0 bridgehead atoms. The number of imidazole rings is 1. The van der Waals surface area contributed by atoms with E-state index in [1.165, 1.54) is 0 Å². The number of fused-ring (bicyclic) bond motifs is 3. The minimum atomic E-state index is -0.386. The first kappa shape index (κ1) is 8.24. The van der Waals surface area contributed by atoms with E-state index in [1.54, 1.807) is 4.57 Å². The number of rotatable bonds is 0. The first-order chi connectivity index (χ1) is 7.25. The fourth-order valence-corrected chi connectivity index (χ4v) is 1.46. The van der Waals surface area contributed by atoms with Crippen molar-refractivity contribution < 1.29 is 9.47 Å². The van der Waals surface area contributed by atoms with Gasteiger partial charge in [-0.25, -0.2) is 0 Å². The van der Waals surface area contributed by atoms with Gasteiger partial charge in [-0.1, -0.05) is 0 Å². The van der Waals surface area contributed by atoms with E-state index in [9.17, 15) is 4.79 Å². The maximum Gasteiger partial charge on any atom is 0.302 e. The van der Waals surface area contributed by atoms with Crippen molar-refractivity contribution in [3.63, 3.8) is 0 Å². The quantitative estimate of drug-likeness (QED) is 0.577. The van der Waals surface area contributed by atoms with Crippen LogP contribution in [0, 0.1) is 0 Å². The number of aromatic amines is 1. The van der Waals surface area contributed by atoms with Crippen molar-refractivity contribution in [3.8, 4) is 6.01 Å². The smallest absolute Gasteiger partial charge is 0.302 e. The van der Waals surface area contributed by atoms with Crippen LogP contribution in [-0.2, 0) is 11.5 Å². The predicted molar refractivity (Wildman–Crippen MR) is 49.1 cm³/mol. The standard InChI is InChI=1S/C7H7N5O3/c8-6-10-4-3(5(13)11-6)9-7-12(4)1-14-2-15-7/h1-2H2,(H3,8,10,11,13). The first-order valence-corrected chi connectivity index (χ1v) is 4.22. The van der Waals surface area contributed by atoms with Gasteiger partial charge in [-0.15, -0.1) is 0 Å². The molecule has 2 aromatic heterocycles. The highest BCUT2D eigenvalue weighted by Crippen LogP contribution is 2.20. The molecule has 1 aliphatic rings. The van der Waals surface area contributed by atoms with E-state index in [2.05, 4.69) is 15.0 Å². The van der Waals surface area contributed by atoms with Gasteiger partial charge in [0.2, 0.25) is 5.95 Å². The van der Waals surface area contributed by atoms with Gasteiger partial charge in [-0.05, 0) is 0 Å². The van der Waals surface area contributed by atoms with Crippen LogP contribution in [0.5, 0.6) is 6.01 Å². The predicted octanol–water partition coefficient (Wildman–Crippen LogP) is -0.974. The number of nitrogens with two attached hydrogens (primary N) is 1. The summed E-state index contributed by atoms with van der Waals surface area (Å²) in [5.74, 6) is 0.0424. The molecule has 0 radical (unpaired) electrons. The van der Waals surface area contributed by atoms with Crippen LogP contribution >= 0.6 is 0 Å². The van der Waals surface area contributed by atoms with Crippen LogP contribution in [0.2, 0.25) is 0 Å². The maximum atomic E-state index is 11.5. The van der Waals surface area contributed by atoms with Crippen molar-refractivity contribution in [2.45, 2.75) is 6.73 Å². The molecule has 78 valence electrons. The van der Waals surface area contributed by atoms with E-state index in [0.29, 0.717) is 11.7 Å². The molecule has 0 fully saturated rings. The fraction of sp³-hybridized carbons (Fsp3) is 0.286. The van der Waals surface area contributed by atoms with Crippen LogP contribution in [0.3, 0.4) is 0 Å². The largest absolute Gasteiger partial charge is 0.437 e. The molecule has 3 heterocycles. The van der Waals surface area contributed by atoms with E-state index in [4.69, 9.17) is 15.2 Å². The molecule has 3 rings (SSSR count). The van der Waals surface area contributed by atoms with E-state index >= 15 is 0 Å². The Kier molecular flexibility index (Phi) is 1.48. The monoisotopic (exact) mass is 209 g/mol. The molecule has 1 aliphatic heterocycles. The topological polar surface area (TPSA) is 108 Å². The van der Waals surface area contributed by atoms with Crippen molar-refractivity contribution in [2.24, 2.45) is 0 Å². The molecule has 8 nitrogen and oxygen atoms in total. The summed E-state index contributed by atoms with van der Waals surface area (Å²) in [5, 5.41) is 0. The van der Waals surface area contributed by atoms with Crippen molar-refractivity contribution in [1.29, 1.82) is 0 Å². The van der Waals surface area contributed by atoms with Crippen molar-refractivity contribution in [1.82, 2.24) is 19.5 Å². The Bertz CT molecular complexity index is 586. The molecular weight excluding hydrogens is 202 g/mol. The number of anilines is 1. The molecule has 0 unspecified atom stereocenters. The number of ether oxygens (including phenoxy) is 2.